The maximum atomic E-state index is 12.3. The number of nitrogens with zero attached hydrogens (tertiary/aromatic N) is 1. The van der Waals surface area contributed by atoms with Crippen molar-refractivity contribution in [3.63, 3.8) is 0 Å². The summed E-state index contributed by atoms with van der Waals surface area (Å²) in [5, 5.41) is 4.77. The number of amides is 1. The van der Waals surface area contributed by atoms with E-state index in [1.807, 2.05) is 30.3 Å². The topological polar surface area (TPSA) is 66.0 Å². The van der Waals surface area contributed by atoms with E-state index in [4.69, 9.17) is 12.2 Å². The minimum atomic E-state index is -0.306. The van der Waals surface area contributed by atoms with Gasteiger partial charge in [-0.25, -0.2) is 4.98 Å². The van der Waals surface area contributed by atoms with Crippen LogP contribution in [0.5, 0.6) is 0 Å². The number of thiocarbonyl (C=S) groups is 1. The quantitative estimate of drug-likeness (QED) is 0.570. The third-order valence-corrected chi connectivity index (χ3v) is 5.36. The molecule has 1 saturated carbocycles. The Morgan fingerprint density at radius 3 is 2.76 bits per heavy atom. The predicted octanol–water partition coefficient (Wildman–Crippen LogP) is 3.17. The van der Waals surface area contributed by atoms with Gasteiger partial charge < -0.3 is 5.32 Å². The van der Waals surface area contributed by atoms with E-state index < -0.39 is 0 Å². The monoisotopic (exact) mass is 356 g/mol. The third kappa shape index (κ3) is 4.25. The average molecular weight is 356 g/mol. The first-order chi connectivity index (χ1) is 12.0. The Labute approximate surface area is 153 Å². The van der Waals surface area contributed by atoms with Gasteiger partial charge in [-0.15, -0.1) is 0 Å². The number of nitrogens with one attached hydrogen (secondary N) is 3. The average Bonchev–Trinajstić information content (AvgIpc) is 2.63. The molecule has 1 aliphatic rings. The molecular formula is C19H24N4OS. The number of para-hydroxylation sites is 1. The Hall–Kier alpha value is -2.21. The Kier molecular flexibility index (Phi) is 5.48. The molecule has 1 amide bonds. The summed E-state index contributed by atoms with van der Waals surface area (Å²) < 4.78 is 0. The van der Waals surface area contributed by atoms with Crippen molar-refractivity contribution in [3.8, 4) is 0 Å². The first-order valence-corrected chi connectivity index (χ1v) is 9.18. The maximum absolute atomic E-state index is 12.3. The molecule has 1 fully saturated rings. The van der Waals surface area contributed by atoms with Crippen molar-refractivity contribution in [2.45, 2.75) is 39.2 Å². The summed E-state index contributed by atoms with van der Waals surface area (Å²) in [7, 11) is 0. The minimum Gasteiger partial charge on any atom is -0.358 e. The zero-order valence-corrected chi connectivity index (χ0v) is 15.4. The molecule has 1 aromatic heterocycles. The van der Waals surface area contributed by atoms with Crippen molar-refractivity contribution in [3.05, 3.63) is 42.1 Å². The van der Waals surface area contributed by atoms with Crippen LogP contribution in [-0.4, -0.2) is 22.0 Å². The third-order valence-electron chi connectivity index (χ3n) is 5.14. The van der Waals surface area contributed by atoms with Gasteiger partial charge in [0.2, 0.25) is 0 Å². The van der Waals surface area contributed by atoms with Gasteiger partial charge in [0, 0.05) is 11.4 Å². The lowest BCUT2D eigenvalue weighted by Gasteiger charge is -2.35. The van der Waals surface area contributed by atoms with E-state index >= 15 is 0 Å². The summed E-state index contributed by atoms with van der Waals surface area (Å²) in [5.41, 5.74) is 6.56. The molecule has 1 heterocycles. The number of aromatic nitrogens is 1. The van der Waals surface area contributed by atoms with Gasteiger partial charge in [-0.2, -0.15) is 0 Å². The number of hydrazine groups is 1. The number of benzene rings is 1. The van der Waals surface area contributed by atoms with Crippen LogP contribution in [0.3, 0.4) is 0 Å². The highest BCUT2D eigenvalue weighted by atomic mass is 32.1. The van der Waals surface area contributed by atoms with Crippen molar-refractivity contribution in [1.29, 1.82) is 0 Å². The Bertz CT molecular complexity index is 779. The van der Waals surface area contributed by atoms with Gasteiger partial charge in [0.05, 0.1) is 5.52 Å². The van der Waals surface area contributed by atoms with Gasteiger partial charge in [0.1, 0.15) is 5.69 Å². The molecule has 1 aromatic carbocycles. The number of rotatable bonds is 2. The molecule has 5 nitrogen and oxygen atoms in total. The summed E-state index contributed by atoms with van der Waals surface area (Å²) in [6, 6.07) is 11.6. The Morgan fingerprint density at radius 1 is 1.12 bits per heavy atom. The largest absolute Gasteiger partial charge is 0.358 e. The van der Waals surface area contributed by atoms with Crippen molar-refractivity contribution in [2.24, 2.45) is 11.8 Å². The molecule has 1 aliphatic carbocycles. The summed E-state index contributed by atoms with van der Waals surface area (Å²) in [6.07, 6.45) is 3.58. The summed E-state index contributed by atoms with van der Waals surface area (Å²) in [5.74, 6) is 0.941. The highest BCUT2D eigenvalue weighted by molar-refractivity contribution is 7.80. The maximum Gasteiger partial charge on any atom is 0.288 e. The van der Waals surface area contributed by atoms with Crippen molar-refractivity contribution in [1.82, 2.24) is 21.2 Å². The molecule has 0 unspecified atom stereocenters. The Morgan fingerprint density at radius 2 is 1.92 bits per heavy atom. The normalized spacial score (nSPS) is 23.0. The summed E-state index contributed by atoms with van der Waals surface area (Å²) in [6.45, 7) is 4.53. The van der Waals surface area contributed by atoms with Crippen LogP contribution in [-0.2, 0) is 0 Å². The summed E-state index contributed by atoms with van der Waals surface area (Å²) in [4.78, 5) is 16.7. The molecule has 132 valence electrons. The first-order valence-electron chi connectivity index (χ1n) is 8.77. The smallest absolute Gasteiger partial charge is 0.288 e. The zero-order chi connectivity index (χ0) is 17.8. The predicted molar refractivity (Wildman–Crippen MR) is 104 cm³/mol. The van der Waals surface area contributed by atoms with E-state index in [0.29, 0.717) is 28.7 Å². The Balaban J connectivity index is 1.55. The fraction of sp³-hybridized carbons (Fsp3) is 0.421. The van der Waals surface area contributed by atoms with Crippen LogP contribution in [0.2, 0.25) is 0 Å². The molecule has 25 heavy (non-hydrogen) atoms. The fourth-order valence-electron chi connectivity index (χ4n) is 3.36. The van der Waals surface area contributed by atoms with E-state index in [1.165, 1.54) is 12.8 Å². The first kappa shape index (κ1) is 17.6. The van der Waals surface area contributed by atoms with E-state index in [0.717, 1.165) is 17.3 Å². The molecule has 3 rings (SSSR count). The lowest BCUT2D eigenvalue weighted by molar-refractivity contribution is 0.0938. The van der Waals surface area contributed by atoms with E-state index in [1.54, 1.807) is 6.07 Å². The van der Waals surface area contributed by atoms with Gasteiger partial charge in [-0.05, 0) is 42.6 Å². The highest BCUT2D eigenvalue weighted by Crippen LogP contribution is 2.29. The van der Waals surface area contributed by atoms with Crippen LogP contribution in [0.4, 0.5) is 0 Å². The van der Waals surface area contributed by atoms with Crippen LogP contribution < -0.4 is 16.2 Å². The van der Waals surface area contributed by atoms with E-state index in [-0.39, 0.29) is 5.91 Å². The molecule has 3 atom stereocenters. The van der Waals surface area contributed by atoms with E-state index in [9.17, 15) is 4.79 Å². The zero-order valence-electron chi connectivity index (χ0n) is 14.6. The van der Waals surface area contributed by atoms with Crippen LogP contribution in [0.1, 0.15) is 43.6 Å². The van der Waals surface area contributed by atoms with E-state index in [2.05, 4.69) is 35.0 Å². The molecule has 0 spiro atoms. The molecular weight excluding hydrogens is 332 g/mol. The second-order valence-corrected chi connectivity index (χ2v) is 7.22. The SMILES string of the molecule is C[C@@H]1[C@H](C)CCC[C@H]1NC(=S)NNC(=O)c1ccc2ccccc2n1. The molecule has 6 heteroatoms. The molecule has 0 saturated heterocycles. The molecule has 3 N–H and O–H groups in total. The van der Waals surface area contributed by atoms with Crippen molar-refractivity contribution >= 4 is 34.1 Å². The second-order valence-electron chi connectivity index (χ2n) is 6.82. The number of hydrogen-bond acceptors (Lipinski definition) is 3. The number of carbonyl (C=O) groups excluding carboxylic acids is 1. The van der Waals surface area contributed by atoms with Crippen LogP contribution in [0.15, 0.2) is 36.4 Å². The minimum absolute atomic E-state index is 0.306. The van der Waals surface area contributed by atoms with Gasteiger partial charge in [0.25, 0.3) is 5.91 Å². The number of carbonyl (C=O) groups is 1. The lowest BCUT2D eigenvalue weighted by atomic mass is 9.78. The van der Waals surface area contributed by atoms with Gasteiger partial charge in [-0.1, -0.05) is 51.0 Å². The van der Waals surface area contributed by atoms with Crippen LogP contribution in [0, 0.1) is 11.8 Å². The molecule has 0 radical (unpaired) electrons. The summed E-state index contributed by atoms with van der Waals surface area (Å²) >= 11 is 5.31. The lowest BCUT2D eigenvalue weighted by Crippen LogP contribution is -2.52. The second kappa shape index (κ2) is 7.78. The van der Waals surface area contributed by atoms with Gasteiger partial charge in [0.15, 0.2) is 5.11 Å². The number of pyridine rings is 1. The van der Waals surface area contributed by atoms with Gasteiger partial charge in [-0.3, -0.25) is 15.6 Å². The highest BCUT2D eigenvalue weighted by Gasteiger charge is 2.27. The molecule has 0 bridgehead atoms. The molecule has 2 aromatic rings. The van der Waals surface area contributed by atoms with Crippen molar-refractivity contribution < 1.29 is 4.79 Å². The van der Waals surface area contributed by atoms with Crippen LogP contribution in [0.25, 0.3) is 10.9 Å². The van der Waals surface area contributed by atoms with Gasteiger partial charge >= 0.3 is 0 Å². The molecule has 0 aliphatic heterocycles. The number of hydrogen-bond donors (Lipinski definition) is 3. The van der Waals surface area contributed by atoms with Crippen LogP contribution >= 0.6 is 12.2 Å². The van der Waals surface area contributed by atoms with Crippen molar-refractivity contribution in [2.75, 3.05) is 0 Å². The number of fused-ring (bicyclic) bond motifs is 1. The fourth-order valence-corrected chi connectivity index (χ4v) is 3.56. The standard InChI is InChI=1S/C19H24N4OS/c1-12-6-5-9-15(13(12)2)21-19(25)23-22-18(24)17-11-10-14-7-3-4-8-16(14)20-17/h3-4,7-8,10-13,15H,5-6,9H2,1-2H3,(H,22,24)(H2,21,23,25)/t12-,13-,15-/m1/s1.